The van der Waals surface area contributed by atoms with E-state index in [2.05, 4.69) is 0 Å². The Morgan fingerprint density at radius 1 is 1.46 bits per heavy atom. The molecule has 0 bridgehead atoms. The highest BCUT2D eigenvalue weighted by molar-refractivity contribution is 5.66. The van der Waals surface area contributed by atoms with Gasteiger partial charge in [0.05, 0.1) is 5.92 Å². The molecule has 0 saturated heterocycles. The standard InChI is InChI=1S/C7H10F3NO2/c8-7(9,10)5-3(6(5)11)1-2-4(12)13/h3,5-6H,1-2,11H2,(H,12,13)/t3-,5+,6+/m0/s1. The zero-order valence-corrected chi connectivity index (χ0v) is 6.71. The highest BCUT2D eigenvalue weighted by Crippen LogP contribution is 2.51. The van der Waals surface area contributed by atoms with Gasteiger partial charge in [0.25, 0.3) is 0 Å². The van der Waals surface area contributed by atoms with E-state index in [4.69, 9.17) is 10.8 Å². The monoisotopic (exact) mass is 197 g/mol. The first kappa shape index (κ1) is 10.3. The summed E-state index contributed by atoms with van der Waals surface area (Å²) in [5.41, 5.74) is 5.17. The Bertz CT molecular complexity index is 216. The zero-order valence-electron chi connectivity index (χ0n) is 6.71. The van der Waals surface area contributed by atoms with Gasteiger partial charge >= 0.3 is 12.1 Å². The largest absolute Gasteiger partial charge is 0.481 e. The second-order valence-electron chi connectivity index (χ2n) is 3.24. The van der Waals surface area contributed by atoms with Crippen LogP contribution in [-0.2, 0) is 4.79 Å². The molecule has 76 valence electrons. The van der Waals surface area contributed by atoms with E-state index in [1.165, 1.54) is 0 Å². The Hall–Kier alpha value is -0.780. The van der Waals surface area contributed by atoms with E-state index in [1.54, 1.807) is 0 Å². The number of carboxylic acids is 1. The lowest BCUT2D eigenvalue weighted by Crippen LogP contribution is -2.17. The fourth-order valence-corrected chi connectivity index (χ4v) is 1.52. The fourth-order valence-electron chi connectivity index (χ4n) is 1.52. The van der Waals surface area contributed by atoms with E-state index in [0.717, 1.165) is 0 Å². The van der Waals surface area contributed by atoms with Crippen LogP contribution in [0.3, 0.4) is 0 Å². The van der Waals surface area contributed by atoms with Gasteiger partial charge in [0.2, 0.25) is 0 Å². The molecule has 3 N–H and O–H groups in total. The average Bonchev–Trinajstić information content (AvgIpc) is 2.55. The first-order valence-electron chi connectivity index (χ1n) is 3.88. The van der Waals surface area contributed by atoms with Crippen LogP contribution in [-0.4, -0.2) is 23.3 Å². The van der Waals surface area contributed by atoms with Crippen molar-refractivity contribution in [1.82, 2.24) is 0 Å². The van der Waals surface area contributed by atoms with Gasteiger partial charge in [-0.05, 0) is 12.3 Å². The number of hydrogen-bond donors (Lipinski definition) is 2. The maximum absolute atomic E-state index is 12.0. The van der Waals surface area contributed by atoms with Crippen molar-refractivity contribution < 1.29 is 23.1 Å². The molecule has 0 heterocycles. The predicted molar refractivity (Wildman–Crippen MR) is 37.9 cm³/mol. The Morgan fingerprint density at radius 3 is 2.31 bits per heavy atom. The van der Waals surface area contributed by atoms with E-state index < -0.39 is 30.0 Å². The molecule has 1 aliphatic rings. The van der Waals surface area contributed by atoms with Crippen molar-refractivity contribution in [3.05, 3.63) is 0 Å². The molecule has 0 aromatic heterocycles. The molecule has 1 saturated carbocycles. The summed E-state index contributed by atoms with van der Waals surface area (Å²) >= 11 is 0. The fraction of sp³-hybridized carbons (Fsp3) is 0.857. The van der Waals surface area contributed by atoms with E-state index in [-0.39, 0.29) is 12.8 Å². The first-order chi connectivity index (χ1) is 5.84. The van der Waals surface area contributed by atoms with Gasteiger partial charge < -0.3 is 10.8 Å². The van der Waals surface area contributed by atoms with Gasteiger partial charge in [-0.3, -0.25) is 4.79 Å². The number of aliphatic carboxylic acids is 1. The molecule has 0 radical (unpaired) electrons. The molecule has 0 aromatic rings. The molecule has 6 heteroatoms. The van der Waals surface area contributed by atoms with Gasteiger partial charge in [-0.25, -0.2) is 0 Å². The molecule has 1 rings (SSSR count). The van der Waals surface area contributed by atoms with E-state index in [0.29, 0.717) is 0 Å². The van der Waals surface area contributed by atoms with Crippen LogP contribution in [0, 0.1) is 11.8 Å². The van der Waals surface area contributed by atoms with Crippen molar-refractivity contribution in [1.29, 1.82) is 0 Å². The lowest BCUT2D eigenvalue weighted by atomic mass is 10.2. The Morgan fingerprint density at radius 2 is 2.00 bits per heavy atom. The topological polar surface area (TPSA) is 63.3 Å². The summed E-state index contributed by atoms with van der Waals surface area (Å²) in [6, 6.07) is -0.903. The molecule has 1 fully saturated rings. The van der Waals surface area contributed by atoms with Gasteiger partial charge in [0.1, 0.15) is 0 Å². The third-order valence-electron chi connectivity index (χ3n) is 2.30. The van der Waals surface area contributed by atoms with Crippen molar-refractivity contribution in [2.45, 2.75) is 25.1 Å². The number of hydrogen-bond acceptors (Lipinski definition) is 2. The Labute approximate surface area is 72.7 Å². The lowest BCUT2D eigenvalue weighted by molar-refractivity contribution is -0.152. The summed E-state index contributed by atoms with van der Waals surface area (Å²) < 4.78 is 36.1. The SMILES string of the molecule is N[C@@H]1[C@@H](CCC(=O)O)[C@H]1C(F)(F)F. The number of carbonyl (C=O) groups is 1. The van der Waals surface area contributed by atoms with Crippen LogP contribution in [0.25, 0.3) is 0 Å². The molecule has 13 heavy (non-hydrogen) atoms. The molecule has 0 spiro atoms. The zero-order chi connectivity index (χ0) is 10.2. The van der Waals surface area contributed by atoms with Crippen LogP contribution in [0.4, 0.5) is 13.2 Å². The molecule has 1 aliphatic carbocycles. The van der Waals surface area contributed by atoms with Crippen molar-refractivity contribution in [2.75, 3.05) is 0 Å². The first-order valence-corrected chi connectivity index (χ1v) is 3.88. The van der Waals surface area contributed by atoms with E-state index in [1.807, 2.05) is 0 Å². The summed E-state index contributed by atoms with van der Waals surface area (Å²) in [7, 11) is 0. The van der Waals surface area contributed by atoms with Gasteiger partial charge in [-0.1, -0.05) is 0 Å². The smallest absolute Gasteiger partial charge is 0.393 e. The van der Waals surface area contributed by atoms with Crippen molar-refractivity contribution >= 4 is 5.97 Å². The summed E-state index contributed by atoms with van der Waals surface area (Å²) in [5.74, 6) is -3.28. The predicted octanol–water partition coefficient (Wildman–Crippen LogP) is 0.987. The van der Waals surface area contributed by atoms with Crippen LogP contribution in [0.1, 0.15) is 12.8 Å². The summed E-state index contributed by atoms with van der Waals surface area (Å²) in [5, 5.41) is 8.24. The third kappa shape index (κ3) is 2.33. The van der Waals surface area contributed by atoms with E-state index >= 15 is 0 Å². The second kappa shape index (κ2) is 3.17. The molecule has 3 atom stereocenters. The van der Waals surface area contributed by atoms with Crippen molar-refractivity contribution in [3.8, 4) is 0 Å². The minimum atomic E-state index is -4.28. The minimum absolute atomic E-state index is 0.0146. The number of halogens is 3. The Kier molecular flexibility index (Phi) is 2.51. The van der Waals surface area contributed by atoms with Crippen molar-refractivity contribution in [2.24, 2.45) is 17.6 Å². The Balaban J connectivity index is 2.36. The quantitative estimate of drug-likeness (QED) is 0.709. The molecule has 0 aliphatic heterocycles. The molecular formula is C7H10F3NO2. The van der Waals surface area contributed by atoms with Crippen LogP contribution in [0.2, 0.25) is 0 Å². The van der Waals surface area contributed by atoms with Gasteiger partial charge in [0, 0.05) is 12.5 Å². The summed E-state index contributed by atoms with van der Waals surface area (Å²) in [6.45, 7) is 0. The van der Waals surface area contributed by atoms with Crippen LogP contribution in [0.5, 0.6) is 0 Å². The van der Waals surface area contributed by atoms with E-state index in [9.17, 15) is 18.0 Å². The number of nitrogens with two attached hydrogens (primary N) is 1. The molecule has 3 nitrogen and oxygen atoms in total. The average molecular weight is 197 g/mol. The van der Waals surface area contributed by atoms with Crippen LogP contribution in [0.15, 0.2) is 0 Å². The number of carboxylic acid groups (broad SMARTS) is 1. The van der Waals surface area contributed by atoms with Gasteiger partial charge in [0.15, 0.2) is 0 Å². The molecule has 0 aromatic carbocycles. The summed E-state index contributed by atoms with van der Waals surface area (Å²) in [4.78, 5) is 10.1. The normalized spacial score (nSPS) is 33.1. The molecular weight excluding hydrogens is 187 g/mol. The van der Waals surface area contributed by atoms with Crippen LogP contribution >= 0.6 is 0 Å². The lowest BCUT2D eigenvalue weighted by Gasteiger charge is -2.03. The highest BCUT2D eigenvalue weighted by atomic mass is 19.4. The maximum atomic E-state index is 12.0. The highest BCUT2D eigenvalue weighted by Gasteiger charge is 2.62. The van der Waals surface area contributed by atoms with Crippen LogP contribution < -0.4 is 5.73 Å². The van der Waals surface area contributed by atoms with Gasteiger partial charge in [-0.15, -0.1) is 0 Å². The molecule has 0 amide bonds. The maximum Gasteiger partial charge on any atom is 0.393 e. The summed E-state index contributed by atoms with van der Waals surface area (Å²) in [6.07, 6.45) is -4.51. The second-order valence-corrected chi connectivity index (χ2v) is 3.24. The number of rotatable bonds is 3. The minimum Gasteiger partial charge on any atom is -0.481 e. The third-order valence-corrected chi connectivity index (χ3v) is 2.30. The molecule has 0 unspecified atom stereocenters. The van der Waals surface area contributed by atoms with Gasteiger partial charge in [-0.2, -0.15) is 13.2 Å². The number of alkyl halides is 3. The van der Waals surface area contributed by atoms with Crippen molar-refractivity contribution in [3.63, 3.8) is 0 Å².